The number of anilines is 1. The molecule has 2 rings (SSSR count). The van der Waals surface area contributed by atoms with E-state index in [4.69, 9.17) is 10.9 Å². The molecule has 4 heteroatoms. The van der Waals surface area contributed by atoms with Crippen LogP contribution >= 0.6 is 0 Å². The maximum Gasteiger partial charge on any atom is 0.170 e. The third-order valence-electron chi connectivity index (χ3n) is 3.54. The maximum absolute atomic E-state index is 8.74. The molecule has 0 saturated heterocycles. The first-order chi connectivity index (χ1) is 10.1. The summed E-state index contributed by atoms with van der Waals surface area (Å²) in [7, 11) is 2.05. The van der Waals surface area contributed by atoms with Gasteiger partial charge in [-0.25, -0.2) is 0 Å². The van der Waals surface area contributed by atoms with E-state index in [1.807, 2.05) is 24.3 Å². The van der Waals surface area contributed by atoms with Gasteiger partial charge < -0.3 is 15.8 Å². The standard InChI is InChI=1S/C17H21N3O/c1-3-13-7-9-16(10-8-13)20(2)12-14-5-4-6-15(11-14)17(18)19-21/h4-11,21H,3,12H2,1-2H3,(H2,18,19). The van der Waals surface area contributed by atoms with Crippen molar-refractivity contribution in [3.63, 3.8) is 0 Å². The van der Waals surface area contributed by atoms with Gasteiger partial charge in [-0.1, -0.05) is 42.4 Å². The molecule has 0 saturated carbocycles. The second-order valence-corrected chi connectivity index (χ2v) is 5.06. The molecule has 0 fully saturated rings. The van der Waals surface area contributed by atoms with Crippen molar-refractivity contribution in [3.8, 4) is 0 Å². The van der Waals surface area contributed by atoms with Crippen LogP contribution in [0.3, 0.4) is 0 Å². The molecular weight excluding hydrogens is 262 g/mol. The largest absolute Gasteiger partial charge is 0.409 e. The Morgan fingerprint density at radius 1 is 1.14 bits per heavy atom. The molecule has 0 unspecified atom stereocenters. The Kier molecular flexibility index (Phi) is 4.82. The molecule has 2 aromatic rings. The Morgan fingerprint density at radius 3 is 2.48 bits per heavy atom. The zero-order chi connectivity index (χ0) is 15.2. The lowest BCUT2D eigenvalue weighted by molar-refractivity contribution is 0.318. The van der Waals surface area contributed by atoms with Gasteiger partial charge in [0.2, 0.25) is 0 Å². The van der Waals surface area contributed by atoms with Gasteiger partial charge in [0.1, 0.15) is 0 Å². The molecule has 110 valence electrons. The van der Waals surface area contributed by atoms with Crippen LogP contribution in [0.2, 0.25) is 0 Å². The highest BCUT2D eigenvalue weighted by Gasteiger charge is 2.05. The van der Waals surface area contributed by atoms with Crippen molar-refractivity contribution >= 4 is 11.5 Å². The molecule has 4 nitrogen and oxygen atoms in total. The SMILES string of the molecule is CCc1ccc(N(C)Cc2cccc(C(N)=NO)c2)cc1. The van der Waals surface area contributed by atoms with Crippen molar-refractivity contribution in [1.29, 1.82) is 0 Å². The van der Waals surface area contributed by atoms with E-state index in [1.54, 1.807) is 0 Å². The van der Waals surface area contributed by atoms with Gasteiger partial charge in [-0.2, -0.15) is 0 Å². The van der Waals surface area contributed by atoms with Gasteiger partial charge in [-0.15, -0.1) is 0 Å². The fourth-order valence-electron chi connectivity index (χ4n) is 2.24. The molecule has 0 aliphatic rings. The lowest BCUT2D eigenvalue weighted by atomic mass is 10.1. The first kappa shape index (κ1) is 14.9. The van der Waals surface area contributed by atoms with Gasteiger partial charge in [0.15, 0.2) is 5.84 Å². The molecular formula is C17H21N3O. The van der Waals surface area contributed by atoms with Crippen molar-refractivity contribution in [2.24, 2.45) is 10.9 Å². The fourth-order valence-corrected chi connectivity index (χ4v) is 2.24. The molecule has 0 aliphatic heterocycles. The first-order valence-corrected chi connectivity index (χ1v) is 7.01. The molecule has 0 bridgehead atoms. The van der Waals surface area contributed by atoms with Crippen LogP contribution in [0, 0.1) is 0 Å². The lowest BCUT2D eigenvalue weighted by Crippen LogP contribution is -2.18. The second-order valence-electron chi connectivity index (χ2n) is 5.06. The van der Waals surface area contributed by atoms with Gasteiger partial charge in [0, 0.05) is 24.8 Å². The van der Waals surface area contributed by atoms with E-state index in [0.717, 1.165) is 24.1 Å². The molecule has 0 atom stereocenters. The molecule has 0 aromatic heterocycles. The molecule has 0 heterocycles. The van der Waals surface area contributed by atoms with Crippen molar-refractivity contribution in [2.45, 2.75) is 19.9 Å². The minimum absolute atomic E-state index is 0.131. The van der Waals surface area contributed by atoms with Crippen LogP contribution in [0.15, 0.2) is 53.7 Å². The number of hydrogen-bond donors (Lipinski definition) is 2. The molecule has 0 amide bonds. The topological polar surface area (TPSA) is 61.8 Å². The van der Waals surface area contributed by atoms with Gasteiger partial charge in [0.05, 0.1) is 0 Å². The van der Waals surface area contributed by atoms with Crippen molar-refractivity contribution < 1.29 is 5.21 Å². The highest BCUT2D eigenvalue weighted by molar-refractivity contribution is 5.97. The van der Waals surface area contributed by atoms with Crippen molar-refractivity contribution in [1.82, 2.24) is 0 Å². The van der Waals surface area contributed by atoms with E-state index in [2.05, 4.69) is 48.3 Å². The summed E-state index contributed by atoms with van der Waals surface area (Å²) in [5, 5.41) is 11.8. The maximum atomic E-state index is 8.74. The van der Waals surface area contributed by atoms with Gasteiger partial charge >= 0.3 is 0 Å². The van der Waals surface area contributed by atoms with E-state index in [0.29, 0.717) is 0 Å². The van der Waals surface area contributed by atoms with Crippen molar-refractivity contribution in [2.75, 3.05) is 11.9 Å². The molecule has 0 radical (unpaired) electrons. The van der Waals surface area contributed by atoms with E-state index in [1.165, 1.54) is 11.3 Å². The molecule has 2 aromatic carbocycles. The summed E-state index contributed by atoms with van der Waals surface area (Å²) in [4.78, 5) is 2.17. The number of aryl methyl sites for hydroxylation is 1. The predicted octanol–water partition coefficient (Wildman–Crippen LogP) is 2.98. The Morgan fingerprint density at radius 2 is 1.86 bits per heavy atom. The van der Waals surface area contributed by atoms with Crippen LogP contribution in [0.5, 0.6) is 0 Å². The highest BCUT2D eigenvalue weighted by Crippen LogP contribution is 2.17. The number of benzene rings is 2. The van der Waals surface area contributed by atoms with E-state index >= 15 is 0 Å². The van der Waals surface area contributed by atoms with E-state index < -0.39 is 0 Å². The predicted molar refractivity (Wildman–Crippen MR) is 86.9 cm³/mol. The number of hydrogen-bond acceptors (Lipinski definition) is 3. The molecule has 21 heavy (non-hydrogen) atoms. The average Bonchev–Trinajstić information content (AvgIpc) is 2.54. The van der Waals surface area contributed by atoms with Crippen LogP contribution in [0.25, 0.3) is 0 Å². The van der Waals surface area contributed by atoms with E-state index in [-0.39, 0.29) is 5.84 Å². The number of oxime groups is 1. The van der Waals surface area contributed by atoms with Crippen LogP contribution in [-0.4, -0.2) is 18.1 Å². The van der Waals surface area contributed by atoms with Gasteiger partial charge in [-0.3, -0.25) is 0 Å². The molecule has 0 spiro atoms. The molecule has 0 aliphatic carbocycles. The lowest BCUT2D eigenvalue weighted by Gasteiger charge is -2.20. The fraction of sp³-hybridized carbons (Fsp3) is 0.235. The number of rotatable bonds is 5. The average molecular weight is 283 g/mol. The van der Waals surface area contributed by atoms with E-state index in [9.17, 15) is 0 Å². The zero-order valence-electron chi connectivity index (χ0n) is 12.5. The minimum Gasteiger partial charge on any atom is -0.409 e. The van der Waals surface area contributed by atoms with Crippen LogP contribution in [0.4, 0.5) is 5.69 Å². The summed E-state index contributed by atoms with van der Waals surface area (Å²) in [5.41, 5.74) is 9.96. The quantitative estimate of drug-likeness (QED) is 0.384. The Labute approximate surface area is 125 Å². The highest BCUT2D eigenvalue weighted by atomic mass is 16.4. The van der Waals surface area contributed by atoms with Crippen LogP contribution in [0.1, 0.15) is 23.6 Å². The summed E-state index contributed by atoms with van der Waals surface area (Å²) in [6.45, 7) is 2.91. The smallest absolute Gasteiger partial charge is 0.170 e. The Bertz CT molecular complexity index is 620. The zero-order valence-corrected chi connectivity index (χ0v) is 12.5. The third-order valence-corrected chi connectivity index (χ3v) is 3.54. The summed E-state index contributed by atoms with van der Waals surface area (Å²) in [5.74, 6) is 0.131. The normalized spacial score (nSPS) is 11.4. The second kappa shape index (κ2) is 6.79. The summed E-state index contributed by atoms with van der Waals surface area (Å²) in [6.07, 6.45) is 1.05. The Balaban J connectivity index is 2.13. The first-order valence-electron chi connectivity index (χ1n) is 7.01. The summed E-state index contributed by atoms with van der Waals surface area (Å²) >= 11 is 0. The van der Waals surface area contributed by atoms with Crippen LogP contribution < -0.4 is 10.6 Å². The monoisotopic (exact) mass is 283 g/mol. The number of nitrogens with two attached hydrogens (primary N) is 1. The van der Waals surface area contributed by atoms with Crippen LogP contribution in [-0.2, 0) is 13.0 Å². The summed E-state index contributed by atoms with van der Waals surface area (Å²) < 4.78 is 0. The number of nitrogens with zero attached hydrogens (tertiary/aromatic N) is 2. The van der Waals surface area contributed by atoms with Gasteiger partial charge in [-0.05, 0) is 35.7 Å². The van der Waals surface area contributed by atoms with Gasteiger partial charge in [0.25, 0.3) is 0 Å². The summed E-state index contributed by atoms with van der Waals surface area (Å²) in [6, 6.07) is 16.3. The minimum atomic E-state index is 0.131. The Hall–Kier alpha value is -2.49. The number of amidine groups is 1. The molecule has 3 N–H and O–H groups in total. The third kappa shape index (κ3) is 3.75. The van der Waals surface area contributed by atoms with Crippen molar-refractivity contribution in [3.05, 3.63) is 65.2 Å².